The molecule has 1 saturated heterocycles. The highest BCUT2D eigenvalue weighted by molar-refractivity contribution is 5.75. The fraction of sp³-hybridized carbons (Fsp3) is 0.615. The van der Waals surface area contributed by atoms with Crippen LogP contribution in [0.15, 0.2) is 22.8 Å². The summed E-state index contributed by atoms with van der Waals surface area (Å²) in [6.07, 6.45) is 4.78. The Morgan fingerprint density at radius 1 is 1.59 bits per heavy atom. The Kier molecular flexibility index (Phi) is 4.20. The quantitative estimate of drug-likeness (QED) is 0.753. The van der Waals surface area contributed by atoms with Gasteiger partial charge in [-0.2, -0.15) is 0 Å². The molecule has 0 saturated carbocycles. The van der Waals surface area contributed by atoms with Gasteiger partial charge in [0.15, 0.2) is 0 Å². The number of ether oxygens (including phenoxy) is 1. The highest BCUT2D eigenvalue weighted by Crippen LogP contribution is 2.20. The van der Waals surface area contributed by atoms with Gasteiger partial charge in [0.05, 0.1) is 19.4 Å². The van der Waals surface area contributed by atoms with Crippen molar-refractivity contribution in [1.82, 2.24) is 4.90 Å². The predicted octanol–water partition coefficient (Wildman–Crippen LogP) is 2.20. The minimum atomic E-state index is -0.103. The first-order valence-corrected chi connectivity index (χ1v) is 6.24. The fourth-order valence-electron chi connectivity index (χ4n) is 2.29. The monoisotopic (exact) mass is 237 g/mol. The first kappa shape index (κ1) is 12.2. The van der Waals surface area contributed by atoms with E-state index in [0.717, 1.165) is 31.6 Å². The van der Waals surface area contributed by atoms with E-state index in [-0.39, 0.29) is 12.0 Å². The normalized spacial score (nSPS) is 21.4. The van der Waals surface area contributed by atoms with Crippen molar-refractivity contribution in [1.29, 1.82) is 0 Å². The molecule has 1 aliphatic rings. The summed E-state index contributed by atoms with van der Waals surface area (Å²) in [7, 11) is 0. The summed E-state index contributed by atoms with van der Waals surface area (Å²) in [5, 5.41) is 0. The Hall–Kier alpha value is -1.29. The van der Waals surface area contributed by atoms with Gasteiger partial charge in [0.25, 0.3) is 0 Å². The second-order valence-corrected chi connectivity index (χ2v) is 4.31. The van der Waals surface area contributed by atoms with Crippen molar-refractivity contribution < 1.29 is 13.9 Å². The molecule has 1 unspecified atom stereocenters. The van der Waals surface area contributed by atoms with Crippen LogP contribution in [0.25, 0.3) is 0 Å². The molecule has 0 N–H and O–H groups in total. The fourth-order valence-corrected chi connectivity index (χ4v) is 2.29. The first-order valence-electron chi connectivity index (χ1n) is 6.24. The maximum Gasteiger partial charge on any atom is 0.323 e. The molecule has 4 heteroatoms. The lowest BCUT2D eigenvalue weighted by Crippen LogP contribution is -2.44. The van der Waals surface area contributed by atoms with Crippen LogP contribution >= 0.6 is 0 Å². The maximum absolute atomic E-state index is 11.8. The molecular formula is C13H19NO3. The SMILES string of the molecule is CCOC(=O)C1CCCCN1Cc1ccco1. The number of carbonyl (C=O) groups excluding carboxylic acids is 1. The van der Waals surface area contributed by atoms with Crippen molar-refractivity contribution >= 4 is 5.97 Å². The molecule has 0 aromatic carbocycles. The highest BCUT2D eigenvalue weighted by atomic mass is 16.5. The molecule has 1 aliphatic heterocycles. The molecule has 1 fully saturated rings. The molecule has 4 nitrogen and oxygen atoms in total. The van der Waals surface area contributed by atoms with E-state index >= 15 is 0 Å². The molecular weight excluding hydrogens is 218 g/mol. The van der Waals surface area contributed by atoms with Crippen molar-refractivity contribution in [2.45, 2.75) is 38.8 Å². The van der Waals surface area contributed by atoms with Crippen LogP contribution in [0.3, 0.4) is 0 Å². The molecule has 0 spiro atoms. The van der Waals surface area contributed by atoms with Crippen LogP contribution in [0, 0.1) is 0 Å². The Balaban J connectivity index is 1.99. The van der Waals surface area contributed by atoms with Crippen LogP contribution in [0.2, 0.25) is 0 Å². The molecule has 2 rings (SSSR count). The zero-order valence-corrected chi connectivity index (χ0v) is 10.2. The Morgan fingerprint density at radius 2 is 2.47 bits per heavy atom. The van der Waals surface area contributed by atoms with Crippen LogP contribution in [-0.4, -0.2) is 30.1 Å². The smallest absolute Gasteiger partial charge is 0.323 e. The third kappa shape index (κ3) is 3.09. The minimum Gasteiger partial charge on any atom is -0.468 e. The van der Waals surface area contributed by atoms with Crippen LogP contribution in [0.4, 0.5) is 0 Å². The summed E-state index contributed by atoms with van der Waals surface area (Å²) in [6.45, 7) is 3.92. The highest BCUT2D eigenvalue weighted by Gasteiger charge is 2.30. The Bertz CT molecular complexity index is 348. The summed E-state index contributed by atoms with van der Waals surface area (Å²) in [5.41, 5.74) is 0. The average Bonchev–Trinajstić information content (AvgIpc) is 2.83. The van der Waals surface area contributed by atoms with Gasteiger partial charge in [-0.05, 0) is 38.4 Å². The number of hydrogen-bond donors (Lipinski definition) is 0. The summed E-state index contributed by atoms with van der Waals surface area (Å²) >= 11 is 0. The number of hydrogen-bond acceptors (Lipinski definition) is 4. The summed E-state index contributed by atoms with van der Waals surface area (Å²) in [4.78, 5) is 14.0. The van der Waals surface area contributed by atoms with Gasteiger partial charge in [-0.1, -0.05) is 6.42 Å². The number of furan rings is 1. The average molecular weight is 237 g/mol. The third-order valence-electron chi connectivity index (χ3n) is 3.11. The number of likely N-dealkylation sites (tertiary alicyclic amines) is 1. The van der Waals surface area contributed by atoms with Gasteiger partial charge in [0.2, 0.25) is 0 Å². The zero-order chi connectivity index (χ0) is 12.1. The summed E-state index contributed by atoms with van der Waals surface area (Å²) < 4.78 is 10.5. The molecule has 0 aliphatic carbocycles. The second kappa shape index (κ2) is 5.87. The van der Waals surface area contributed by atoms with E-state index < -0.39 is 0 Å². The molecule has 1 aromatic heterocycles. The number of nitrogens with zero attached hydrogens (tertiary/aromatic N) is 1. The van der Waals surface area contributed by atoms with E-state index in [0.29, 0.717) is 13.2 Å². The van der Waals surface area contributed by atoms with E-state index in [1.54, 1.807) is 6.26 Å². The molecule has 94 valence electrons. The van der Waals surface area contributed by atoms with Gasteiger partial charge in [-0.25, -0.2) is 0 Å². The number of rotatable bonds is 4. The molecule has 0 bridgehead atoms. The number of piperidine rings is 1. The molecule has 1 atom stereocenters. The minimum absolute atomic E-state index is 0.0984. The van der Waals surface area contributed by atoms with Crippen LogP contribution in [0.1, 0.15) is 31.9 Å². The predicted molar refractivity (Wildman–Crippen MR) is 63.4 cm³/mol. The van der Waals surface area contributed by atoms with E-state index in [4.69, 9.17) is 9.15 Å². The van der Waals surface area contributed by atoms with Crippen LogP contribution in [0.5, 0.6) is 0 Å². The van der Waals surface area contributed by atoms with Crippen molar-refractivity contribution in [2.24, 2.45) is 0 Å². The Labute approximate surface area is 102 Å². The number of carbonyl (C=O) groups is 1. The van der Waals surface area contributed by atoms with Crippen molar-refractivity contribution in [2.75, 3.05) is 13.2 Å². The van der Waals surface area contributed by atoms with Gasteiger partial charge >= 0.3 is 5.97 Å². The van der Waals surface area contributed by atoms with Crippen molar-refractivity contribution in [3.63, 3.8) is 0 Å². The lowest BCUT2D eigenvalue weighted by Gasteiger charge is -2.33. The zero-order valence-electron chi connectivity index (χ0n) is 10.2. The van der Waals surface area contributed by atoms with E-state index in [1.165, 1.54) is 0 Å². The standard InChI is InChI=1S/C13H19NO3/c1-2-16-13(15)12-7-3-4-8-14(12)10-11-6-5-9-17-11/h5-6,9,12H,2-4,7-8,10H2,1H3. The second-order valence-electron chi connectivity index (χ2n) is 4.31. The molecule has 1 aromatic rings. The van der Waals surface area contributed by atoms with Gasteiger partial charge < -0.3 is 9.15 Å². The lowest BCUT2D eigenvalue weighted by atomic mass is 10.0. The first-order chi connectivity index (χ1) is 8.31. The van der Waals surface area contributed by atoms with Gasteiger partial charge in [0, 0.05) is 0 Å². The summed E-state index contributed by atoms with van der Waals surface area (Å²) in [6, 6.07) is 3.71. The van der Waals surface area contributed by atoms with Crippen LogP contribution < -0.4 is 0 Å². The van der Waals surface area contributed by atoms with Gasteiger partial charge in [-0.3, -0.25) is 9.69 Å². The van der Waals surface area contributed by atoms with Crippen LogP contribution in [-0.2, 0) is 16.1 Å². The molecule has 17 heavy (non-hydrogen) atoms. The Morgan fingerprint density at radius 3 is 3.18 bits per heavy atom. The van der Waals surface area contributed by atoms with E-state index in [2.05, 4.69) is 4.90 Å². The topological polar surface area (TPSA) is 42.7 Å². The van der Waals surface area contributed by atoms with Crippen molar-refractivity contribution in [3.8, 4) is 0 Å². The van der Waals surface area contributed by atoms with Gasteiger partial charge in [-0.15, -0.1) is 0 Å². The molecule has 0 radical (unpaired) electrons. The van der Waals surface area contributed by atoms with Crippen molar-refractivity contribution in [3.05, 3.63) is 24.2 Å². The largest absolute Gasteiger partial charge is 0.468 e. The number of esters is 1. The maximum atomic E-state index is 11.8. The summed E-state index contributed by atoms with van der Waals surface area (Å²) in [5.74, 6) is 0.806. The molecule has 2 heterocycles. The third-order valence-corrected chi connectivity index (χ3v) is 3.11. The lowest BCUT2D eigenvalue weighted by molar-refractivity contribution is -0.151. The molecule has 0 amide bonds. The van der Waals surface area contributed by atoms with Gasteiger partial charge in [0.1, 0.15) is 11.8 Å². The van der Waals surface area contributed by atoms with E-state index in [9.17, 15) is 4.79 Å². The van der Waals surface area contributed by atoms with E-state index in [1.807, 2.05) is 19.1 Å².